The third kappa shape index (κ3) is 4.90. The van der Waals surface area contributed by atoms with Crippen LogP contribution in [0.3, 0.4) is 0 Å². The maximum Gasteiger partial charge on any atom is 0.510 e. The quantitative estimate of drug-likeness (QED) is 0.485. The smallest absolute Gasteiger partial charge is 0.434 e. The molecule has 1 fully saturated rings. The summed E-state index contributed by atoms with van der Waals surface area (Å²) >= 11 is 0. The van der Waals surface area contributed by atoms with Crippen molar-refractivity contribution in [1.29, 1.82) is 0 Å². The van der Waals surface area contributed by atoms with Crippen LogP contribution in [0, 0.1) is 0 Å². The molecule has 0 spiro atoms. The summed E-state index contributed by atoms with van der Waals surface area (Å²) in [6.45, 7) is 3.83. The van der Waals surface area contributed by atoms with E-state index in [1.807, 2.05) is 0 Å². The number of aliphatic hydroxyl groups excluding tert-OH is 3. The van der Waals surface area contributed by atoms with Gasteiger partial charge in [0.1, 0.15) is 18.3 Å². The molecule has 0 amide bonds. The van der Waals surface area contributed by atoms with Gasteiger partial charge in [-0.15, -0.1) is 0 Å². The van der Waals surface area contributed by atoms with Gasteiger partial charge in [0.2, 0.25) is 6.29 Å². The van der Waals surface area contributed by atoms with Crippen LogP contribution in [0.5, 0.6) is 0 Å². The maximum atomic E-state index is 11.4. The second kappa shape index (κ2) is 8.41. The third-order valence-electron chi connectivity index (χ3n) is 3.24. The molecule has 3 N–H and O–H groups in total. The topological polar surface area (TPSA) is 105 Å². The first-order valence-corrected chi connectivity index (χ1v) is 7.00. The van der Waals surface area contributed by atoms with E-state index >= 15 is 0 Å². The Morgan fingerprint density at radius 3 is 2.45 bits per heavy atom. The van der Waals surface area contributed by atoms with E-state index in [1.54, 1.807) is 0 Å². The number of rotatable bonds is 6. The Hall–Kier alpha value is -0.890. The van der Waals surface area contributed by atoms with Crippen LogP contribution < -0.4 is 0 Å². The molecule has 20 heavy (non-hydrogen) atoms. The summed E-state index contributed by atoms with van der Waals surface area (Å²) in [4.78, 5) is 11.4. The van der Waals surface area contributed by atoms with Gasteiger partial charge in [-0.3, -0.25) is 0 Å². The molecular formula is C13H24O7. The van der Waals surface area contributed by atoms with Crippen molar-refractivity contribution in [3.8, 4) is 0 Å². The van der Waals surface area contributed by atoms with Crippen LogP contribution >= 0.6 is 0 Å². The van der Waals surface area contributed by atoms with Crippen LogP contribution in [0.15, 0.2) is 0 Å². The molecule has 0 aromatic rings. The maximum absolute atomic E-state index is 11.4. The summed E-state index contributed by atoms with van der Waals surface area (Å²) in [5.41, 5.74) is 0. The molecule has 1 unspecified atom stereocenters. The van der Waals surface area contributed by atoms with E-state index in [9.17, 15) is 20.1 Å². The molecule has 1 aliphatic rings. The standard InChI is InChI=1S/C13H24O7/c1-3-4-5-6-7-18-13(17)20-12-11(16)10(15)9(14)8(2)19-12/h8-12,14-16H,3-7H2,1-2H3/t8-,9-,10+,11+,12?/m0/s1. The lowest BCUT2D eigenvalue weighted by molar-refractivity contribution is -0.280. The van der Waals surface area contributed by atoms with Gasteiger partial charge in [0.25, 0.3) is 0 Å². The molecule has 0 bridgehead atoms. The first kappa shape index (κ1) is 17.2. The molecule has 0 radical (unpaired) electrons. The van der Waals surface area contributed by atoms with Gasteiger partial charge in [-0.05, 0) is 13.3 Å². The number of unbranched alkanes of at least 4 members (excludes halogenated alkanes) is 3. The Morgan fingerprint density at radius 2 is 1.80 bits per heavy atom. The van der Waals surface area contributed by atoms with Crippen molar-refractivity contribution in [2.75, 3.05) is 6.61 Å². The van der Waals surface area contributed by atoms with E-state index in [0.29, 0.717) is 0 Å². The van der Waals surface area contributed by atoms with Gasteiger partial charge in [0, 0.05) is 0 Å². The number of ether oxygens (including phenoxy) is 3. The van der Waals surface area contributed by atoms with E-state index in [0.717, 1.165) is 25.7 Å². The van der Waals surface area contributed by atoms with Crippen molar-refractivity contribution in [3.63, 3.8) is 0 Å². The van der Waals surface area contributed by atoms with Crippen LogP contribution in [0.2, 0.25) is 0 Å². The van der Waals surface area contributed by atoms with Crippen molar-refractivity contribution >= 4 is 6.16 Å². The predicted octanol–water partition coefficient (Wildman–Crippen LogP) is 0.547. The highest BCUT2D eigenvalue weighted by Crippen LogP contribution is 2.22. The lowest BCUT2D eigenvalue weighted by atomic mass is 10.0. The highest BCUT2D eigenvalue weighted by Gasteiger charge is 2.44. The summed E-state index contributed by atoms with van der Waals surface area (Å²) in [5.74, 6) is 0. The zero-order valence-corrected chi connectivity index (χ0v) is 11.9. The number of carbonyl (C=O) groups excluding carboxylic acids is 1. The fourth-order valence-electron chi connectivity index (χ4n) is 1.92. The molecule has 1 saturated heterocycles. The molecule has 7 heteroatoms. The van der Waals surface area contributed by atoms with Crippen LogP contribution in [0.4, 0.5) is 4.79 Å². The van der Waals surface area contributed by atoms with Crippen molar-refractivity contribution in [2.45, 2.75) is 70.2 Å². The van der Waals surface area contributed by atoms with Gasteiger partial charge >= 0.3 is 6.16 Å². The first-order chi connectivity index (χ1) is 9.47. The van der Waals surface area contributed by atoms with E-state index in [1.165, 1.54) is 6.92 Å². The molecule has 118 valence electrons. The van der Waals surface area contributed by atoms with Crippen LogP contribution in [-0.4, -0.2) is 58.8 Å². The van der Waals surface area contributed by atoms with Gasteiger partial charge in [0.05, 0.1) is 12.7 Å². The van der Waals surface area contributed by atoms with Gasteiger partial charge in [-0.1, -0.05) is 26.2 Å². The van der Waals surface area contributed by atoms with Gasteiger partial charge in [0.15, 0.2) is 0 Å². The average Bonchev–Trinajstić information content (AvgIpc) is 2.42. The summed E-state index contributed by atoms with van der Waals surface area (Å²) < 4.78 is 14.7. The van der Waals surface area contributed by atoms with Crippen molar-refractivity contribution in [1.82, 2.24) is 0 Å². The molecule has 5 atom stereocenters. The highest BCUT2D eigenvalue weighted by molar-refractivity contribution is 5.60. The van der Waals surface area contributed by atoms with Crippen molar-refractivity contribution in [2.24, 2.45) is 0 Å². The highest BCUT2D eigenvalue weighted by atomic mass is 16.8. The molecule has 1 aliphatic heterocycles. The number of aliphatic hydroxyl groups is 3. The Balaban J connectivity index is 2.30. The minimum atomic E-state index is -1.51. The molecule has 1 rings (SSSR count). The molecule has 0 aromatic heterocycles. The lowest BCUT2D eigenvalue weighted by Crippen LogP contribution is -2.57. The van der Waals surface area contributed by atoms with E-state index in [2.05, 4.69) is 6.92 Å². The Morgan fingerprint density at radius 1 is 1.10 bits per heavy atom. The second-order valence-electron chi connectivity index (χ2n) is 4.96. The minimum Gasteiger partial charge on any atom is -0.434 e. The number of hydrogen-bond acceptors (Lipinski definition) is 7. The average molecular weight is 292 g/mol. The lowest BCUT2D eigenvalue weighted by Gasteiger charge is -2.38. The van der Waals surface area contributed by atoms with Crippen LogP contribution in [0.1, 0.15) is 39.5 Å². The normalized spacial score (nSPS) is 33.8. The Bertz CT molecular complexity index is 296. The van der Waals surface area contributed by atoms with Gasteiger partial charge < -0.3 is 29.5 Å². The Kier molecular flexibility index (Phi) is 7.22. The zero-order valence-electron chi connectivity index (χ0n) is 11.9. The van der Waals surface area contributed by atoms with E-state index < -0.39 is 36.9 Å². The van der Waals surface area contributed by atoms with Crippen LogP contribution in [-0.2, 0) is 14.2 Å². The predicted molar refractivity (Wildman–Crippen MR) is 68.9 cm³/mol. The molecule has 1 heterocycles. The summed E-state index contributed by atoms with van der Waals surface area (Å²) in [5, 5.41) is 28.7. The summed E-state index contributed by atoms with van der Waals surface area (Å²) in [6, 6.07) is 0. The fourth-order valence-corrected chi connectivity index (χ4v) is 1.92. The van der Waals surface area contributed by atoms with E-state index in [4.69, 9.17) is 14.2 Å². The Labute approximate surface area is 118 Å². The van der Waals surface area contributed by atoms with Crippen molar-refractivity contribution in [3.05, 3.63) is 0 Å². The first-order valence-electron chi connectivity index (χ1n) is 7.00. The number of carbonyl (C=O) groups is 1. The largest absolute Gasteiger partial charge is 0.510 e. The molecule has 0 aromatic carbocycles. The van der Waals surface area contributed by atoms with Crippen molar-refractivity contribution < 1.29 is 34.3 Å². The van der Waals surface area contributed by atoms with E-state index in [-0.39, 0.29) is 6.61 Å². The minimum absolute atomic E-state index is 0.238. The molecule has 7 nitrogen and oxygen atoms in total. The van der Waals surface area contributed by atoms with Gasteiger partial charge in [-0.2, -0.15) is 0 Å². The fraction of sp³-hybridized carbons (Fsp3) is 0.923. The van der Waals surface area contributed by atoms with Crippen LogP contribution in [0.25, 0.3) is 0 Å². The monoisotopic (exact) mass is 292 g/mol. The molecule has 0 aliphatic carbocycles. The number of hydrogen-bond donors (Lipinski definition) is 3. The molecule has 0 saturated carbocycles. The second-order valence-corrected chi connectivity index (χ2v) is 4.96. The SMILES string of the molecule is CCCCCCOC(=O)OC1O[C@@H](C)[C@H](O)[C@@H](O)[C@H]1O. The van der Waals surface area contributed by atoms with Gasteiger partial charge in [-0.25, -0.2) is 4.79 Å². The summed E-state index contributed by atoms with van der Waals surface area (Å²) in [7, 11) is 0. The third-order valence-corrected chi connectivity index (χ3v) is 3.24. The molecular weight excluding hydrogens is 268 g/mol. The summed E-state index contributed by atoms with van der Waals surface area (Å²) in [6.07, 6.45) is -3.34. The zero-order chi connectivity index (χ0) is 15.1.